The second kappa shape index (κ2) is 30.8. The molecule has 45 heteroatoms. The van der Waals surface area contributed by atoms with Gasteiger partial charge in [-0.3, -0.25) is 0 Å². The Labute approximate surface area is 494 Å². The third-order valence-corrected chi connectivity index (χ3v) is 16.1. The monoisotopic (exact) mass is 1340 g/mol. The van der Waals surface area contributed by atoms with Gasteiger partial charge in [-0.2, -0.15) is 29.4 Å². The van der Waals surface area contributed by atoms with Crippen molar-refractivity contribution in [2.45, 2.75) is 208 Å². The largest absolute Gasteiger partial charge is 0.567 e. The molecule has 29 N–H and O–H groups in total. The van der Waals surface area contributed by atoms with E-state index in [0.29, 0.717) is 0 Å². The zero-order valence-corrected chi connectivity index (χ0v) is 47.1. The van der Waals surface area contributed by atoms with Crippen molar-refractivity contribution in [1.29, 1.82) is 0 Å². The highest BCUT2D eigenvalue weighted by Gasteiger charge is 2.65. The van der Waals surface area contributed by atoms with Crippen LogP contribution < -0.4 is 5.73 Å². The summed E-state index contributed by atoms with van der Waals surface area (Å²) in [7, 11) is -11.4. The quantitative estimate of drug-likeness (QED) is 0.0340. The Balaban J connectivity index is 1.43. The maximum atomic E-state index is 13.5. The fourth-order valence-corrected chi connectivity index (χ4v) is 11.6. The van der Waals surface area contributed by atoms with Crippen molar-refractivity contribution >= 4 is 28.3 Å². The molecule has 32 atom stereocenters. The lowest BCUT2D eigenvalue weighted by Gasteiger charge is -2.52. The van der Waals surface area contributed by atoms with Crippen molar-refractivity contribution < 1.29 is 207 Å². The van der Waals surface area contributed by atoms with E-state index in [9.17, 15) is 146 Å². The number of ether oxygens (including phenoxy) is 11. The lowest BCUT2D eigenvalue weighted by Crippen LogP contribution is -2.70. The first kappa shape index (κ1) is 75.3. The van der Waals surface area contributed by atoms with Gasteiger partial charge in [0, 0.05) is 12.8 Å². The number of nitrogens with two attached hydrogens (primary N) is 1. The average molecular weight is 1340 g/mol. The third-order valence-electron chi connectivity index (χ3n) is 15.1. The summed E-state index contributed by atoms with van der Waals surface area (Å²) >= 11 is 0. The van der Waals surface area contributed by atoms with Gasteiger partial charge in [-0.25, -0.2) is 9.59 Å². The van der Waals surface area contributed by atoms with Crippen LogP contribution in [0.3, 0.4) is 0 Å². The number of aliphatic hydroxyl groups is 19. The molecule has 43 nitrogen and oxygen atoms in total. The van der Waals surface area contributed by atoms with Crippen molar-refractivity contribution in [3.63, 3.8) is 0 Å². The van der Waals surface area contributed by atoms with Gasteiger partial charge < -0.3 is 165 Å². The number of rotatable bonds is 27. The molecule has 514 valence electrons. The van der Waals surface area contributed by atoms with E-state index in [2.05, 4.69) is 0 Å². The van der Waals surface area contributed by atoms with E-state index in [1.165, 1.54) is 0 Å². The average Bonchev–Trinajstić information content (AvgIpc) is 0.828. The number of carboxylic acids is 2. The highest BCUT2D eigenvalue weighted by Crippen LogP contribution is 2.52. The Morgan fingerprint density at radius 2 is 0.977 bits per heavy atom. The van der Waals surface area contributed by atoms with E-state index in [-0.39, 0.29) is 0 Å². The van der Waals surface area contributed by atoms with Crippen LogP contribution in [0.4, 0.5) is 0 Å². The van der Waals surface area contributed by atoms with Gasteiger partial charge in [0.1, 0.15) is 128 Å². The lowest BCUT2D eigenvalue weighted by molar-refractivity contribution is -0.405. The van der Waals surface area contributed by atoms with Crippen LogP contribution in [0, 0.1) is 0 Å². The Kier molecular flexibility index (Phi) is 26.3. The number of aliphatic carboxylic acids is 2. The summed E-state index contributed by atoms with van der Waals surface area (Å²) in [4.78, 5) is 87.3. The third kappa shape index (κ3) is 17.0. The van der Waals surface area contributed by atoms with Gasteiger partial charge in [-0.15, -0.1) is 9.05 Å². The Bertz CT molecular complexity index is 2210. The van der Waals surface area contributed by atoms with Gasteiger partial charge in [0.2, 0.25) is 0 Å². The first-order valence-corrected chi connectivity index (χ1v) is 29.6. The zero-order chi connectivity index (χ0) is 66.0. The predicted octanol–water partition coefficient (Wildman–Crippen LogP) is -16.3. The first-order valence-electron chi connectivity index (χ1n) is 26.5. The second-order valence-corrected chi connectivity index (χ2v) is 23.8. The maximum Gasteiger partial charge on any atom is 0.567 e. The molecule has 0 radical (unpaired) electrons. The number of aliphatic hydroxyl groups excluding tert-OH is 19. The van der Waals surface area contributed by atoms with Crippen LogP contribution >= 0.6 is 16.3 Å². The molecule has 6 saturated heterocycles. The lowest BCUT2D eigenvalue weighted by atomic mass is 9.89. The van der Waals surface area contributed by atoms with E-state index in [1.807, 2.05) is 0 Å². The van der Waals surface area contributed by atoms with Crippen molar-refractivity contribution in [3.8, 4) is 0 Å². The van der Waals surface area contributed by atoms with E-state index < -0.39 is 283 Å². The van der Waals surface area contributed by atoms with Crippen LogP contribution in [-0.4, -0.2) is 390 Å². The van der Waals surface area contributed by atoms with Crippen LogP contribution in [0.5, 0.6) is 0 Å². The van der Waals surface area contributed by atoms with E-state index in [4.69, 9.17) is 66.9 Å². The van der Waals surface area contributed by atoms with Crippen molar-refractivity contribution in [1.82, 2.24) is 0 Å². The molecule has 0 spiro atoms. The van der Waals surface area contributed by atoms with Crippen molar-refractivity contribution in [2.24, 2.45) is 5.73 Å². The van der Waals surface area contributed by atoms with Crippen LogP contribution in [0.2, 0.25) is 0 Å². The van der Waals surface area contributed by atoms with Gasteiger partial charge in [-0.1, -0.05) is 0 Å². The molecule has 0 aromatic rings. The molecule has 6 aliphatic heterocycles. The number of hydrogen-bond acceptors (Lipinski definition) is 41. The zero-order valence-electron chi connectivity index (χ0n) is 45.4. The molecule has 6 aliphatic rings. The summed E-state index contributed by atoms with van der Waals surface area (Å²) in [6.07, 6.45) is -71.8. The summed E-state index contributed by atoms with van der Waals surface area (Å²) in [5.74, 6) is -11.3. The second-order valence-electron chi connectivity index (χ2n) is 21.4. The van der Waals surface area contributed by atoms with Crippen LogP contribution in [0.25, 0.3) is 0 Å². The van der Waals surface area contributed by atoms with E-state index in [1.54, 1.807) is 0 Å². The summed E-state index contributed by atoms with van der Waals surface area (Å²) in [5.41, 5.74) is 5.74. The van der Waals surface area contributed by atoms with Gasteiger partial charge in [0.05, 0.1) is 70.6 Å². The first-order chi connectivity index (χ1) is 40.9. The summed E-state index contributed by atoms with van der Waals surface area (Å²) in [5, 5.41) is 226. The minimum atomic E-state index is -5.80. The summed E-state index contributed by atoms with van der Waals surface area (Å²) < 4.78 is 71.6. The van der Waals surface area contributed by atoms with Crippen LogP contribution in [0.15, 0.2) is 0 Å². The molecule has 88 heavy (non-hydrogen) atoms. The predicted molar refractivity (Wildman–Crippen MR) is 265 cm³/mol. The molecule has 0 aromatic carbocycles. The van der Waals surface area contributed by atoms with Crippen LogP contribution in [0.1, 0.15) is 12.8 Å². The smallest absolute Gasteiger partial charge is 0.477 e. The maximum absolute atomic E-state index is 13.5. The topological polar surface area (TPSA) is 726 Å². The summed E-state index contributed by atoms with van der Waals surface area (Å²) in [6.45, 7) is -8.24. The minimum absolute atomic E-state index is 0.474. The van der Waals surface area contributed by atoms with Gasteiger partial charge in [0.25, 0.3) is 11.6 Å². The molecule has 0 aromatic heterocycles. The molecule has 0 bridgehead atoms. The minimum Gasteiger partial charge on any atom is -0.477 e. The van der Waals surface area contributed by atoms with Gasteiger partial charge in [0.15, 0.2) is 31.1 Å². The van der Waals surface area contributed by atoms with E-state index in [0.717, 1.165) is 0 Å². The van der Waals surface area contributed by atoms with Gasteiger partial charge >= 0.3 is 28.3 Å². The molecule has 0 aliphatic carbocycles. The Hall–Kier alpha value is -1.76. The number of hydrogen-bond donors (Lipinski definition) is 28. The van der Waals surface area contributed by atoms with E-state index >= 15 is 0 Å². The molecule has 6 fully saturated rings. The Morgan fingerprint density at radius 1 is 0.500 bits per heavy atom. The normalized spacial score (nSPS) is 44.8. The number of carbonyl (C=O) groups is 2. The molecule has 0 saturated carbocycles. The fraction of sp³-hybridized carbons (Fsp3) is 0.953. The SMILES string of the molecule is N[C@H]1CO[C@H](CO[C@]2(C(=O)O)C[C@@H](O[C@]3(C(=O)O)C[C@@H](O)[C@@H](O)[C@@H]([C@H](O)CO)O3)[C@@H](O[C@H]3O[C@H]([C@@H](O)CO)[C@@H](O[P+](O)(O)O)[C@H](O[C@H]4O[C@H]([C@@H](O)CO[C@H]5O[C@H]([C@@H](O)CO)[C@@H](O)[C@H](O)[C@@H]5O)[C@@H](O[P+](O)(O)O)[C@H](O)[C@@H]4O)[C@@H]3O)[C@@H]([C@H](O)CO)O2)[C@@H](O)[C@@H]1O. The molecule has 0 unspecified atom stereocenters. The standard InChI is InChI=1S/C43H75NO42P2/c44-10-7-74-18(21(57)19(10)55)9-76-42(40(64)65)2-17(82-43(41(66)67)1-11(49)20(56)29(83-43)13(51)4-46)33(32(84-42)15(53)6-48)80-39-27(63)34(36(86-88(71,72)73)30(78-39)14(52)5-47)81-38-26(62)24(60)35(85-87(68,69)70)31(79-38)16(54)8-75-37-25(61)22(58)23(59)28(77-37)12(50)3-45/h10-39,45-63,68-73H,1-9,44H2/p+2/t10-,11+,12-,13+,14-,15+,16-,17+,18+,19+,20+,21+,22-,23-,24+,25-,26-,27-,28+,29+,30+,31+,32+,33+,34+,35-,36+,37-,38+,39+,42+,43+/m0/s1. The molecular weight excluding hydrogens is 1260 g/mol. The van der Waals surface area contributed by atoms with Crippen LogP contribution in [-0.2, 0) is 70.7 Å². The fourth-order valence-electron chi connectivity index (χ4n) is 10.5. The highest BCUT2D eigenvalue weighted by molar-refractivity contribution is 7.53. The van der Waals surface area contributed by atoms with Crippen molar-refractivity contribution in [3.05, 3.63) is 0 Å². The van der Waals surface area contributed by atoms with Gasteiger partial charge in [-0.05, 0) is 0 Å². The molecule has 6 rings (SSSR count). The molecular formula is C43H77NO42P2+2. The summed E-state index contributed by atoms with van der Waals surface area (Å²) in [6, 6.07) is -1.19. The van der Waals surface area contributed by atoms with Crippen molar-refractivity contribution in [2.75, 3.05) is 46.2 Å². The molecule has 0 amide bonds. The molecule has 6 heterocycles. The highest BCUT2D eigenvalue weighted by atomic mass is 31.2. The number of carboxylic acid groups (broad SMARTS) is 2. The Morgan fingerprint density at radius 3 is 1.53 bits per heavy atom.